The average molecular weight is 481 g/mol. The van der Waals surface area contributed by atoms with Gasteiger partial charge in [-0.2, -0.15) is 0 Å². The fraction of sp³-hybridized carbons (Fsp3) is 0.630. The van der Waals surface area contributed by atoms with Gasteiger partial charge >= 0.3 is 5.69 Å². The highest BCUT2D eigenvalue weighted by Gasteiger charge is 2.32. The van der Waals surface area contributed by atoms with Gasteiger partial charge < -0.3 is 9.69 Å². The number of aryl methyl sites for hydroxylation is 2. The molecule has 2 aliphatic heterocycles. The topological polar surface area (TPSA) is 93.4 Å². The van der Waals surface area contributed by atoms with Gasteiger partial charge in [0.25, 0.3) is 0 Å². The van der Waals surface area contributed by atoms with Crippen LogP contribution in [0.1, 0.15) is 69.4 Å². The number of benzene rings is 1. The third-order valence-corrected chi connectivity index (χ3v) is 8.56. The van der Waals surface area contributed by atoms with E-state index in [4.69, 9.17) is 0 Å². The lowest BCUT2D eigenvalue weighted by atomic mass is 9.83. The number of carbonyl (C=O) groups is 3. The lowest BCUT2D eigenvalue weighted by Gasteiger charge is -2.40. The standard InChI is InChI=1S/C27H36N4O4/c1-29-24-16-19(7-8-22(24)31(27(29)35)23-9-10-25(33)28-26(23)34)6-5-18-11-13-30(14-12-18)21-4-2-3-20(15-21)17-32/h7-8,16-18,20-21,23H,2-6,9-15H2,1H3,(H,28,33,34). The summed E-state index contributed by atoms with van der Waals surface area (Å²) in [7, 11) is 1.74. The van der Waals surface area contributed by atoms with Crippen molar-refractivity contribution in [2.45, 2.75) is 76.3 Å². The van der Waals surface area contributed by atoms with Crippen LogP contribution in [0.15, 0.2) is 23.0 Å². The first-order valence-corrected chi connectivity index (χ1v) is 13.2. The number of imidazole rings is 1. The van der Waals surface area contributed by atoms with E-state index in [0.29, 0.717) is 18.4 Å². The lowest BCUT2D eigenvalue weighted by Crippen LogP contribution is -2.44. The molecule has 1 aromatic heterocycles. The summed E-state index contributed by atoms with van der Waals surface area (Å²) in [5.41, 5.74) is 2.55. The zero-order valence-electron chi connectivity index (χ0n) is 20.6. The number of aldehydes is 1. The Morgan fingerprint density at radius 1 is 1.03 bits per heavy atom. The van der Waals surface area contributed by atoms with Crippen LogP contribution < -0.4 is 11.0 Å². The largest absolute Gasteiger partial charge is 0.329 e. The Morgan fingerprint density at radius 3 is 2.57 bits per heavy atom. The molecule has 1 N–H and O–H groups in total. The van der Waals surface area contributed by atoms with Crippen molar-refractivity contribution in [1.29, 1.82) is 0 Å². The summed E-state index contributed by atoms with van der Waals surface area (Å²) < 4.78 is 3.15. The van der Waals surface area contributed by atoms with Gasteiger partial charge in [-0.15, -0.1) is 0 Å². The van der Waals surface area contributed by atoms with Gasteiger partial charge in [0.2, 0.25) is 11.8 Å². The van der Waals surface area contributed by atoms with Crippen LogP contribution in [0.5, 0.6) is 0 Å². The van der Waals surface area contributed by atoms with Gasteiger partial charge in [0.15, 0.2) is 0 Å². The van der Waals surface area contributed by atoms with E-state index >= 15 is 0 Å². The van der Waals surface area contributed by atoms with Crippen molar-refractivity contribution in [2.24, 2.45) is 18.9 Å². The van der Waals surface area contributed by atoms with E-state index in [2.05, 4.69) is 22.3 Å². The van der Waals surface area contributed by atoms with E-state index in [0.717, 1.165) is 56.1 Å². The van der Waals surface area contributed by atoms with Crippen LogP contribution in [0.4, 0.5) is 0 Å². The quantitative estimate of drug-likeness (QED) is 0.507. The first-order chi connectivity index (χ1) is 16.9. The van der Waals surface area contributed by atoms with Crippen LogP contribution in [0.25, 0.3) is 11.0 Å². The number of likely N-dealkylation sites (tertiary alicyclic amines) is 1. The molecule has 2 amide bonds. The van der Waals surface area contributed by atoms with Crippen LogP contribution in [-0.2, 0) is 27.9 Å². The molecule has 1 aliphatic carbocycles. The smallest absolute Gasteiger partial charge is 0.303 e. The minimum absolute atomic E-state index is 0.224. The average Bonchev–Trinajstić information content (AvgIpc) is 3.12. The Hall–Kier alpha value is -2.74. The fourth-order valence-corrected chi connectivity index (χ4v) is 6.43. The molecule has 3 aliphatic rings. The van der Waals surface area contributed by atoms with E-state index in [-0.39, 0.29) is 23.9 Å². The molecule has 5 rings (SSSR count). The molecule has 2 aromatic rings. The molecule has 1 aromatic carbocycles. The third-order valence-electron chi connectivity index (χ3n) is 8.56. The van der Waals surface area contributed by atoms with Gasteiger partial charge in [0.05, 0.1) is 11.0 Å². The van der Waals surface area contributed by atoms with Crippen LogP contribution in [-0.4, -0.2) is 51.3 Å². The van der Waals surface area contributed by atoms with Crippen molar-refractivity contribution in [3.05, 3.63) is 34.2 Å². The predicted octanol–water partition coefficient (Wildman–Crippen LogP) is 2.72. The van der Waals surface area contributed by atoms with Crippen LogP contribution in [0.3, 0.4) is 0 Å². The highest BCUT2D eigenvalue weighted by atomic mass is 16.2. The SMILES string of the molecule is Cn1c(=O)n(C2CCC(=O)NC2=O)c2ccc(CCC3CCN(C4CCCC(C=O)C4)CC3)cc21. The second-order valence-electron chi connectivity index (χ2n) is 10.7. The number of imide groups is 1. The van der Waals surface area contributed by atoms with Crippen molar-refractivity contribution in [3.63, 3.8) is 0 Å². The van der Waals surface area contributed by atoms with Crippen LogP contribution in [0, 0.1) is 11.8 Å². The maximum atomic E-state index is 13.0. The monoisotopic (exact) mass is 480 g/mol. The molecule has 3 atom stereocenters. The van der Waals surface area contributed by atoms with E-state index in [1.807, 2.05) is 6.07 Å². The summed E-state index contributed by atoms with van der Waals surface area (Å²) in [6, 6.07) is 6.03. The zero-order chi connectivity index (χ0) is 24.5. The number of amides is 2. The summed E-state index contributed by atoms with van der Waals surface area (Å²) in [6.07, 6.45) is 10.7. The summed E-state index contributed by atoms with van der Waals surface area (Å²) >= 11 is 0. The van der Waals surface area contributed by atoms with Crippen LogP contribution in [0.2, 0.25) is 0 Å². The van der Waals surface area contributed by atoms with Gasteiger partial charge in [-0.05, 0) is 88.1 Å². The van der Waals surface area contributed by atoms with E-state index in [1.54, 1.807) is 11.6 Å². The Balaban J connectivity index is 1.21. The van der Waals surface area contributed by atoms with Gasteiger partial charge in [0.1, 0.15) is 12.3 Å². The summed E-state index contributed by atoms with van der Waals surface area (Å²) in [5, 5.41) is 2.36. The maximum absolute atomic E-state index is 13.0. The molecule has 3 unspecified atom stereocenters. The number of aromatic nitrogens is 2. The van der Waals surface area contributed by atoms with Gasteiger partial charge in [-0.1, -0.05) is 12.5 Å². The second-order valence-corrected chi connectivity index (χ2v) is 10.7. The molecule has 0 spiro atoms. The number of carbonyl (C=O) groups excluding carboxylic acids is 3. The number of piperidine rings is 2. The minimum Gasteiger partial charge on any atom is -0.303 e. The predicted molar refractivity (Wildman–Crippen MR) is 133 cm³/mol. The van der Waals surface area contributed by atoms with Gasteiger partial charge in [-0.3, -0.25) is 24.0 Å². The van der Waals surface area contributed by atoms with E-state index < -0.39 is 11.9 Å². The molecule has 2 saturated heterocycles. The number of hydrogen-bond donors (Lipinski definition) is 1. The van der Waals surface area contributed by atoms with Crippen molar-refractivity contribution >= 4 is 29.1 Å². The van der Waals surface area contributed by atoms with Crippen molar-refractivity contribution in [2.75, 3.05) is 13.1 Å². The van der Waals surface area contributed by atoms with Gasteiger partial charge in [-0.25, -0.2) is 4.79 Å². The molecule has 8 nitrogen and oxygen atoms in total. The molecule has 3 fully saturated rings. The lowest BCUT2D eigenvalue weighted by molar-refractivity contribution is -0.135. The molecular weight excluding hydrogens is 444 g/mol. The number of nitrogens with one attached hydrogen (secondary N) is 1. The number of rotatable bonds is 6. The summed E-state index contributed by atoms with van der Waals surface area (Å²) in [6.45, 7) is 2.26. The molecule has 8 heteroatoms. The summed E-state index contributed by atoms with van der Waals surface area (Å²) in [4.78, 5) is 50.7. The Labute approximate surface area is 205 Å². The second kappa shape index (κ2) is 10.1. The van der Waals surface area contributed by atoms with E-state index in [1.165, 1.54) is 35.8 Å². The van der Waals surface area contributed by atoms with Crippen molar-refractivity contribution in [1.82, 2.24) is 19.4 Å². The number of nitrogens with zero attached hydrogens (tertiary/aromatic N) is 3. The molecule has 188 valence electrons. The highest BCUT2D eigenvalue weighted by Crippen LogP contribution is 2.31. The molecule has 1 saturated carbocycles. The molecule has 0 radical (unpaired) electrons. The highest BCUT2D eigenvalue weighted by molar-refractivity contribution is 6.00. The molecule has 0 bridgehead atoms. The maximum Gasteiger partial charge on any atom is 0.329 e. The number of hydrogen-bond acceptors (Lipinski definition) is 5. The van der Waals surface area contributed by atoms with Crippen LogP contribution >= 0.6 is 0 Å². The van der Waals surface area contributed by atoms with Crippen molar-refractivity contribution < 1.29 is 14.4 Å². The Kier molecular flexibility index (Phi) is 6.91. The van der Waals surface area contributed by atoms with Crippen molar-refractivity contribution in [3.8, 4) is 0 Å². The first kappa shape index (κ1) is 24.0. The molecule has 3 heterocycles. The number of fused-ring (bicyclic) bond motifs is 1. The normalized spacial score (nSPS) is 26.7. The van der Waals surface area contributed by atoms with E-state index in [9.17, 15) is 19.2 Å². The zero-order valence-corrected chi connectivity index (χ0v) is 20.6. The molecular formula is C27H36N4O4. The third kappa shape index (κ3) is 4.85. The first-order valence-electron chi connectivity index (χ1n) is 13.2. The van der Waals surface area contributed by atoms with Gasteiger partial charge in [0, 0.05) is 25.4 Å². The minimum atomic E-state index is -0.647. The molecule has 35 heavy (non-hydrogen) atoms. The Bertz CT molecular complexity index is 1170. The fourth-order valence-electron chi connectivity index (χ4n) is 6.43. The summed E-state index contributed by atoms with van der Waals surface area (Å²) in [5.74, 6) is 0.268. The Morgan fingerprint density at radius 2 is 1.83 bits per heavy atom.